The van der Waals surface area contributed by atoms with Crippen LogP contribution >= 0.6 is 0 Å². The highest BCUT2D eigenvalue weighted by Crippen LogP contribution is 2.26. The molecule has 0 fully saturated rings. The number of halogens is 1. The summed E-state index contributed by atoms with van der Waals surface area (Å²) in [6, 6.07) is 14.0. The molecular formula is C16H15FO. The van der Waals surface area contributed by atoms with Gasteiger partial charge in [-0.1, -0.05) is 42.0 Å². The first-order valence-electron chi connectivity index (χ1n) is 5.90. The van der Waals surface area contributed by atoms with Crippen LogP contribution in [0.2, 0.25) is 0 Å². The molecule has 1 nitrogen and oxygen atoms in total. The summed E-state index contributed by atoms with van der Waals surface area (Å²) in [7, 11) is 0. The average molecular weight is 242 g/mol. The van der Waals surface area contributed by atoms with Crippen LogP contribution in [0.15, 0.2) is 48.5 Å². The van der Waals surface area contributed by atoms with Crippen molar-refractivity contribution in [3.8, 4) is 0 Å². The molecule has 1 unspecified atom stereocenters. The Morgan fingerprint density at radius 2 is 1.39 bits per heavy atom. The molecule has 0 aliphatic heterocycles. The van der Waals surface area contributed by atoms with Gasteiger partial charge in [0.05, 0.1) is 5.92 Å². The lowest BCUT2D eigenvalue weighted by Gasteiger charge is -2.15. The lowest BCUT2D eigenvalue weighted by Crippen LogP contribution is -2.10. The van der Waals surface area contributed by atoms with E-state index in [1.165, 1.54) is 12.1 Å². The molecule has 0 N–H and O–H groups in total. The molecule has 2 heteroatoms. The van der Waals surface area contributed by atoms with Crippen LogP contribution in [0.25, 0.3) is 0 Å². The molecular weight excluding hydrogens is 227 g/mol. The van der Waals surface area contributed by atoms with Gasteiger partial charge in [-0.05, 0) is 37.1 Å². The summed E-state index contributed by atoms with van der Waals surface area (Å²) in [6.07, 6.45) is 0. The molecule has 0 aliphatic rings. The maximum Gasteiger partial charge on any atom is 0.141 e. The Labute approximate surface area is 106 Å². The molecule has 1 atom stereocenters. The van der Waals surface area contributed by atoms with E-state index in [1.54, 1.807) is 19.1 Å². The second-order valence-corrected chi connectivity index (χ2v) is 4.51. The fourth-order valence-electron chi connectivity index (χ4n) is 2.08. The number of aryl methyl sites for hydroxylation is 1. The van der Waals surface area contributed by atoms with Crippen LogP contribution in [0.5, 0.6) is 0 Å². The van der Waals surface area contributed by atoms with Crippen molar-refractivity contribution in [2.75, 3.05) is 0 Å². The predicted molar refractivity (Wildman–Crippen MR) is 70.1 cm³/mol. The number of rotatable bonds is 3. The fraction of sp³-hybridized carbons (Fsp3) is 0.188. The van der Waals surface area contributed by atoms with Crippen molar-refractivity contribution in [1.29, 1.82) is 0 Å². The van der Waals surface area contributed by atoms with Crippen molar-refractivity contribution >= 4 is 5.78 Å². The Kier molecular flexibility index (Phi) is 3.56. The highest BCUT2D eigenvalue weighted by molar-refractivity contribution is 5.86. The Bertz CT molecular complexity index is 495. The van der Waals surface area contributed by atoms with Crippen LogP contribution in [0, 0.1) is 12.7 Å². The molecule has 92 valence electrons. The molecule has 0 amide bonds. The van der Waals surface area contributed by atoms with Gasteiger partial charge in [0.15, 0.2) is 0 Å². The molecule has 2 rings (SSSR count). The summed E-state index contributed by atoms with van der Waals surface area (Å²) >= 11 is 0. The van der Waals surface area contributed by atoms with Gasteiger partial charge in [0, 0.05) is 0 Å². The number of carbonyl (C=O) groups excluding carboxylic acids is 1. The fourth-order valence-corrected chi connectivity index (χ4v) is 2.08. The van der Waals surface area contributed by atoms with Crippen LogP contribution in [0.1, 0.15) is 29.5 Å². The van der Waals surface area contributed by atoms with Gasteiger partial charge in [-0.25, -0.2) is 4.39 Å². The molecule has 0 saturated carbocycles. The molecule has 2 aromatic carbocycles. The summed E-state index contributed by atoms with van der Waals surface area (Å²) in [5.74, 6) is -0.540. The van der Waals surface area contributed by atoms with E-state index >= 15 is 0 Å². The van der Waals surface area contributed by atoms with Gasteiger partial charge in [-0.3, -0.25) is 4.79 Å². The Morgan fingerprint density at radius 1 is 0.944 bits per heavy atom. The quantitative estimate of drug-likeness (QED) is 0.798. The SMILES string of the molecule is CC(=O)C(c1ccc(C)cc1)c1ccc(F)cc1. The van der Waals surface area contributed by atoms with E-state index < -0.39 is 0 Å². The number of benzene rings is 2. The summed E-state index contributed by atoms with van der Waals surface area (Å²) in [5.41, 5.74) is 2.92. The normalized spacial score (nSPS) is 12.2. The van der Waals surface area contributed by atoms with E-state index in [1.807, 2.05) is 31.2 Å². The largest absolute Gasteiger partial charge is 0.299 e. The van der Waals surface area contributed by atoms with Gasteiger partial charge in [-0.2, -0.15) is 0 Å². The smallest absolute Gasteiger partial charge is 0.141 e. The van der Waals surface area contributed by atoms with Crippen molar-refractivity contribution < 1.29 is 9.18 Å². The Hall–Kier alpha value is -1.96. The summed E-state index contributed by atoms with van der Waals surface area (Å²) in [6.45, 7) is 3.57. The number of hydrogen-bond acceptors (Lipinski definition) is 1. The van der Waals surface area contributed by atoms with Gasteiger partial charge in [0.25, 0.3) is 0 Å². The van der Waals surface area contributed by atoms with Crippen molar-refractivity contribution in [2.24, 2.45) is 0 Å². The molecule has 2 aromatic rings. The zero-order valence-corrected chi connectivity index (χ0v) is 10.5. The zero-order chi connectivity index (χ0) is 13.1. The maximum atomic E-state index is 12.9. The van der Waals surface area contributed by atoms with E-state index in [9.17, 15) is 9.18 Å². The average Bonchev–Trinajstić information content (AvgIpc) is 2.34. The van der Waals surface area contributed by atoms with Gasteiger partial charge in [-0.15, -0.1) is 0 Å². The number of carbonyl (C=O) groups is 1. The van der Waals surface area contributed by atoms with Gasteiger partial charge in [0.2, 0.25) is 0 Å². The highest BCUT2D eigenvalue weighted by Gasteiger charge is 2.18. The summed E-state index contributed by atoms with van der Waals surface area (Å²) in [5, 5.41) is 0. The number of ketones is 1. The third-order valence-corrected chi connectivity index (χ3v) is 3.02. The van der Waals surface area contributed by atoms with E-state index in [-0.39, 0.29) is 17.5 Å². The lowest BCUT2D eigenvalue weighted by molar-refractivity contribution is -0.117. The third kappa shape index (κ3) is 2.65. The molecule has 18 heavy (non-hydrogen) atoms. The van der Waals surface area contributed by atoms with Crippen LogP contribution in [-0.4, -0.2) is 5.78 Å². The minimum Gasteiger partial charge on any atom is -0.299 e. The van der Waals surface area contributed by atoms with E-state index in [2.05, 4.69) is 0 Å². The van der Waals surface area contributed by atoms with Gasteiger partial charge < -0.3 is 0 Å². The molecule has 0 bridgehead atoms. The van der Waals surface area contributed by atoms with Crippen molar-refractivity contribution in [1.82, 2.24) is 0 Å². The van der Waals surface area contributed by atoms with Crippen molar-refractivity contribution in [3.05, 3.63) is 71.0 Å². The van der Waals surface area contributed by atoms with Crippen LogP contribution in [0.4, 0.5) is 4.39 Å². The summed E-state index contributed by atoms with van der Waals surface area (Å²) in [4.78, 5) is 11.8. The van der Waals surface area contributed by atoms with Crippen molar-refractivity contribution in [2.45, 2.75) is 19.8 Å². The van der Waals surface area contributed by atoms with Crippen LogP contribution in [0.3, 0.4) is 0 Å². The van der Waals surface area contributed by atoms with E-state index in [0.717, 1.165) is 16.7 Å². The highest BCUT2D eigenvalue weighted by atomic mass is 19.1. The van der Waals surface area contributed by atoms with E-state index in [4.69, 9.17) is 0 Å². The monoisotopic (exact) mass is 242 g/mol. The summed E-state index contributed by atoms with van der Waals surface area (Å²) < 4.78 is 12.9. The van der Waals surface area contributed by atoms with Crippen LogP contribution < -0.4 is 0 Å². The first-order valence-corrected chi connectivity index (χ1v) is 5.90. The van der Waals surface area contributed by atoms with Crippen molar-refractivity contribution in [3.63, 3.8) is 0 Å². The predicted octanol–water partition coefficient (Wildman–Crippen LogP) is 3.86. The molecule has 0 spiro atoms. The minimum absolute atomic E-state index is 0.0606. The first-order chi connectivity index (χ1) is 8.58. The number of Topliss-reactive ketones (excluding diaryl/α,β-unsaturated/α-hetero) is 1. The lowest BCUT2D eigenvalue weighted by atomic mass is 9.88. The maximum absolute atomic E-state index is 12.9. The second kappa shape index (κ2) is 5.13. The van der Waals surface area contributed by atoms with Crippen LogP contribution in [-0.2, 0) is 4.79 Å². The first kappa shape index (κ1) is 12.5. The third-order valence-electron chi connectivity index (χ3n) is 3.02. The molecule has 0 aliphatic carbocycles. The second-order valence-electron chi connectivity index (χ2n) is 4.51. The standard InChI is InChI=1S/C16H15FO/c1-11-3-5-13(6-4-11)16(12(2)18)14-7-9-15(17)10-8-14/h3-10,16H,1-2H3. The molecule has 0 radical (unpaired) electrons. The molecule has 0 saturated heterocycles. The minimum atomic E-state index is -0.314. The Balaban J connectivity index is 2.43. The molecule has 0 heterocycles. The zero-order valence-electron chi connectivity index (χ0n) is 10.5. The topological polar surface area (TPSA) is 17.1 Å². The van der Waals surface area contributed by atoms with E-state index in [0.29, 0.717) is 0 Å². The molecule has 0 aromatic heterocycles. The Morgan fingerprint density at radius 3 is 1.83 bits per heavy atom. The van der Waals surface area contributed by atoms with Gasteiger partial charge >= 0.3 is 0 Å². The number of hydrogen-bond donors (Lipinski definition) is 0. The van der Waals surface area contributed by atoms with Gasteiger partial charge in [0.1, 0.15) is 11.6 Å².